The van der Waals surface area contributed by atoms with Gasteiger partial charge in [-0.3, -0.25) is 4.57 Å². The molecule has 10 heteroatoms. The van der Waals surface area contributed by atoms with E-state index in [1.54, 1.807) is 12.3 Å². The molecule has 0 bridgehead atoms. The number of hydrogen-bond acceptors (Lipinski definition) is 6. The number of nitrogen functional groups attached to an aromatic ring is 1. The Morgan fingerprint density at radius 3 is 2.02 bits per heavy atom. The van der Waals surface area contributed by atoms with Gasteiger partial charge >= 0.3 is 5.69 Å². The third-order valence-corrected chi connectivity index (χ3v) is 18.6. The molecule has 0 radical (unpaired) electrons. The van der Waals surface area contributed by atoms with Crippen molar-refractivity contribution < 1.29 is 13.6 Å². The summed E-state index contributed by atoms with van der Waals surface area (Å²) in [6.45, 7) is 18.0. The van der Waals surface area contributed by atoms with E-state index in [1.165, 1.54) is 10.1 Å². The van der Waals surface area contributed by atoms with Crippen molar-refractivity contribution in [3.8, 4) is 0 Å². The number of nitrogens with two attached hydrogens (primary N) is 1. The Kier molecular flexibility index (Phi) is 9.66. The average molecular weight is 640 g/mol. The second-order valence-electron chi connectivity index (χ2n) is 13.9. The van der Waals surface area contributed by atoms with Crippen molar-refractivity contribution in [1.82, 2.24) is 9.55 Å². The lowest BCUT2D eigenvalue weighted by Gasteiger charge is -2.46. The number of anilines is 1. The first-order valence-electron chi connectivity index (χ1n) is 14.8. The second-order valence-corrected chi connectivity index (χ2v) is 23.2. The number of nitrogens with zero attached hydrogens (tertiary/aromatic N) is 2. The van der Waals surface area contributed by atoms with E-state index in [0.29, 0.717) is 6.42 Å². The average Bonchev–Trinajstić information content (AvgIpc) is 3.25. The van der Waals surface area contributed by atoms with Crippen LogP contribution in [0, 0.1) is 0 Å². The van der Waals surface area contributed by atoms with Crippen LogP contribution in [0.25, 0.3) is 0 Å². The molecule has 3 atom stereocenters. The molecule has 3 aromatic rings. The minimum atomic E-state index is -2.94. The third-order valence-electron chi connectivity index (χ3n) is 9.00. The van der Waals surface area contributed by atoms with Gasteiger partial charge in [-0.05, 0) is 45.7 Å². The molecule has 43 heavy (non-hydrogen) atoms. The van der Waals surface area contributed by atoms with E-state index in [1.807, 2.05) is 18.2 Å². The normalized spacial score (nSPS) is 21.9. The van der Waals surface area contributed by atoms with E-state index in [2.05, 4.69) is 108 Å². The summed E-state index contributed by atoms with van der Waals surface area (Å²) in [5, 5.41) is 2.02. The van der Waals surface area contributed by atoms with Gasteiger partial charge in [0.05, 0.1) is 12.7 Å². The number of halogens is 1. The fraction of sp³-hybridized carbons (Fsp3) is 0.455. The van der Waals surface area contributed by atoms with Gasteiger partial charge in [0.15, 0.2) is 8.32 Å². The second kappa shape index (κ2) is 12.5. The van der Waals surface area contributed by atoms with Crippen LogP contribution in [0.4, 0.5) is 5.82 Å². The van der Waals surface area contributed by atoms with Gasteiger partial charge in [-0.1, -0.05) is 114 Å². The maximum atomic E-state index is 13.0. The summed E-state index contributed by atoms with van der Waals surface area (Å²) in [6, 6.07) is 22.6. The van der Waals surface area contributed by atoms with Crippen molar-refractivity contribution in [1.29, 1.82) is 0 Å². The maximum absolute atomic E-state index is 13.0. The highest BCUT2D eigenvalue weighted by Gasteiger charge is 2.56. The maximum Gasteiger partial charge on any atom is 0.351 e. The summed E-state index contributed by atoms with van der Waals surface area (Å²) in [7, 11) is -5.24. The predicted octanol–water partition coefficient (Wildman–Crippen LogP) is 6.20. The Balaban J connectivity index is 1.86. The number of rotatable bonds is 9. The van der Waals surface area contributed by atoms with E-state index >= 15 is 0 Å². The monoisotopic (exact) mass is 639 g/mol. The standard InChI is InChI=1S/C33H46ClN3O4Si2/c1-31(2,3)42(7,8)41-27-23-29(37-22-19-28(35)36-30(37)38)40-33(27,20-21-34)24-39-43(32(4,5)6,25-15-11-9-12-16-25)26-17-13-10-14-18-26/h9-22,27,29H,23-24H2,1-8H3,(H2,35,36,38)/b21-20-/t27-,29+,33+/m0/s1. The van der Waals surface area contributed by atoms with Crippen LogP contribution in [-0.2, 0) is 13.6 Å². The predicted molar refractivity (Wildman–Crippen MR) is 181 cm³/mol. The van der Waals surface area contributed by atoms with Crippen molar-refractivity contribution in [3.05, 3.63) is 95.0 Å². The zero-order valence-electron chi connectivity index (χ0n) is 26.6. The minimum absolute atomic E-state index is 0.0556. The molecule has 2 heterocycles. The molecule has 4 rings (SSSR count). The SMILES string of the molecule is CC(C)(C)[Si](C)(C)O[C@H]1C[C@H](n2ccc(N)nc2=O)O[C@]1(/C=C\Cl)CO[Si](c1ccccc1)(c1ccccc1)C(C)(C)C. The third kappa shape index (κ3) is 6.62. The molecule has 0 unspecified atom stereocenters. The molecule has 1 fully saturated rings. The van der Waals surface area contributed by atoms with Crippen molar-refractivity contribution in [3.63, 3.8) is 0 Å². The van der Waals surface area contributed by atoms with Crippen molar-refractivity contribution in [2.75, 3.05) is 12.3 Å². The number of aromatic nitrogens is 2. The molecule has 1 aromatic heterocycles. The van der Waals surface area contributed by atoms with Crippen LogP contribution < -0.4 is 21.8 Å². The zero-order valence-corrected chi connectivity index (χ0v) is 29.4. The van der Waals surface area contributed by atoms with Crippen LogP contribution in [0.15, 0.2) is 89.3 Å². The highest BCUT2D eigenvalue weighted by atomic mass is 35.5. The summed E-state index contributed by atoms with van der Waals surface area (Å²) < 4.78 is 22.8. The van der Waals surface area contributed by atoms with Gasteiger partial charge in [0.25, 0.3) is 8.32 Å². The van der Waals surface area contributed by atoms with Gasteiger partial charge in [-0.2, -0.15) is 4.98 Å². The molecular formula is C33H46ClN3O4Si2. The Bertz CT molecular complexity index is 1430. The molecule has 2 aromatic carbocycles. The van der Waals surface area contributed by atoms with E-state index in [4.69, 9.17) is 30.9 Å². The van der Waals surface area contributed by atoms with Gasteiger partial charge in [0, 0.05) is 18.2 Å². The summed E-state index contributed by atoms with van der Waals surface area (Å²) in [6.07, 6.45) is 2.80. The lowest BCUT2D eigenvalue weighted by atomic mass is 9.98. The van der Waals surface area contributed by atoms with Crippen LogP contribution in [0.2, 0.25) is 23.2 Å². The molecule has 2 N–H and O–H groups in total. The van der Waals surface area contributed by atoms with E-state index < -0.39 is 40.3 Å². The molecule has 232 valence electrons. The Morgan fingerprint density at radius 2 is 1.56 bits per heavy atom. The fourth-order valence-corrected chi connectivity index (χ4v) is 11.8. The molecule has 0 spiro atoms. The van der Waals surface area contributed by atoms with Crippen LogP contribution >= 0.6 is 11.6 Å². The summed E-state index contributed by atoms with van der Waals surface area (Å²) in [4.78, 5) is 16.9. The quantitative estimate of drug-likeness (QED) is 0.280. The Labute approximate surface area is 263 Å². The van der Waals surface area contributed by atoms with Gasteiger partial charge in [-0.15, -0.1) is 0 Å². The number of ether oxygens (including phenoxy) is 1. The molecule has 1 aliphatic rings. The van der Waals surface area contributed by atoms with E-state index in [0.717, 1.165) is 10.4 Å². The van der Waals surface area contributed by atoms with Gasteiger partial charge < -0.3 is 19.3 Å². The largest absolute Gasteiger partial charge is 0.410 e. The van der Waals surface area contributed by atoms with Crippen LogP contribution in [0.3, 0.4) is 0 Å². The summed E-state index contributed by atoms with van der Waals surface area (Å²) in [5.41, 5.74) is 5.73. The summed E-state index contributed by atoms with van der Waals surface area (Å²) >= 11 is 6.37. The molecule has 7 nitrogen and oxygen atoms in total. The molecule has 1 aliphatic heterocycles. The first-order valence-corrected chi connectivity index (χ1v) is 20.0. The first kappa shape index (κ1) is 33.4. The van der Waals surface area contributed by atoms with Crippen LogP contribution in [0.5, 0.6) is 0 Å². The van der Waals surface area contributed by atoms with Crippen LogP contribution in [0.1, 0.15) is 54.2 Å². The summed E-state index contributed by atoms with van der Waals surface area (Å²) in [5.74, 6) is 0.162. The van der Waals surface area contributed by atoms with E-state index in [-0.39, 0.29) is 22.5 Å². The highest BCUT2D eigenvalue weighted by molar-refractivity contribution is 6.99. The zero-order chi connectivity index (χ0) is 31.7. The number of hydrogen-bond donors (Lipinski definition) is 1. The van der Waals surface area contributed by atoms with Gasteiger partial charge in [-0.25, -0.2) is 4.79 Å². The Hall–Kier alpha value is -2.54. The molecule has 1 saturated heterocycles. The fourth-order valence-electron chi connectivity index (χ4n) is 5.67. The van der Waals surface area contributed by atoms with Crippen LogP contribution in [-0.4, -0.2) is 44.5 Å². The van der Waals surface area contributed by atoms with Crippen molar-refractivity contribution >= 4 is 44.4 Å². The van der Waals surface area contributed by atoms with Gasteiger partial charge in [0.2, 0.25) is 0 Å². The lowest BCUT2D eigenvalue weighted by molar-refractivity contribution is -0.0916. The molecule has 0 amide bonds. The molecule has 0 aliphatic carbocycles. The van der Waals surface area contributed by atoms with Crippen molar-refractivity contribution in [2.45, 2.75) is 89.1 Å². The molecular weight excluding hydrogens is 594 g/mol. The first-order chi connectivity index (χ1) is 20.1. The van der Waals surface area contributed by atoms with E-state index in [9.17, 15) is 4.79 Å². The topological polar surface area (TPSA) is 88.6 Å². The van der Waals surface area contributed by atoms with Gasteiger partial charge in [0.1, 0.15) is 17.6 Å². The smallest absolute Gasteiger partial charge is 0.351 e. The minimum Gasteiger partial charge on any atom is -0.410 e. The lowest BCUT2D eigenvalue weighted by Crippen LogP contribution is -2.68. The van der Waals surface area contributed by atoms with Crippen molar-refractivity contribution in [2.24, 2.45) is 0 Å². The Morgan fingerprint density at radius 1 is 1.00 bits per heavy atom. The number of benzene rings is 2. The molecule has 0 saturated carbocycles. The highest BCUT2D eigenvalue weighted by Crippen LogP contribution is 2.46.